The number of anilines is 1. The number of hydrogen-bond acceptors (Lipinski definition) is 5. The minimum atomic E-state index is -1.37. The molecule has 0 spiro atoms. The van der Waals surface area contributed by atoms with Gasteiger partial charge in [0.2, 0.25) is 0 Å². The Morgan fingerprint density at radius 3 is 2.74 bits per heavy atom. The molecule has 176 valence electrons. The molecule has 35 heavy (non-hydrogen) atoms. The van der Waals surface area contributed by atoms with Crippen LogP contribution in [-0.2, 0) is 7.05 Å². The van der Waals surface area contributed by atoms with Gasteiger partial charge in [-0.05, 0) is 43.7 Å². The number of aryl methyl sites for hydroxylation is 2. The number of fused-ring (bicyclic) bond motifs is 2. The lowest BCUT2D eigenvalue weighted by molar-refractivity contribution is 0.0693. The van der Waals surface area contributed by atoms with Gasteiger partial charge in [0.25, 0.3) is 0 Å². The first-order chi connectivity index (χ1) is 16.7. The van der Waals surface area contributed by atoms with Crippen LogP contribution < -0.4 is 10.7 Å². The maximum atomic E-state index is 14.2. The molecule has 0 aliphatic carbocycles. The third-order valence-electron chi connectivity index (χ3n) is 6.10. The highest BCUT2D eigenvalue weighted by Gasteiger charge is 2.20. The molecule has 0 aliphatic rings. The number of halogens is 1. The van der Waals surface area contributed by atoms with Crippen LogP contribution in [0.1, 0.15) is 34.5 Å². The Labute approximate surface area is 199 Å². The number of carboxylic acids is 1. The summed E-state index contributed by atoms with van der Waals surface area (Å²) in [5, 5.41) is 18.2. The molecule has 2 N–H and O–H groups in total. The van der Waals surface area contributed by atoms with E-state index in [4.69, 9.17) is 4.42 Å². The highest BCUT2D eigenvalue weighted by molar-refractivity contribution is 5.95. The zero-order chi connectivity index (χ0) is 24.9. The summed E-state index contributed by atoms with van der Waals surface area (Å²) in [5.74, 6) is -1.80. The monoisotopic (exact) mass is 471 g/mol. The minimum absolute atomic E-state index is 0.139. The number of carboxylic acid groups (broad SMARTS) is 1. The molecule has 0 amide bonds. The summed E-state index contributed by atoms with van der Waals surface area (Å²) in [6.45, 7) is 3.67. The quantitative estimate of drug-likeness (QED) is 0.343. The average Bonchev–Trinajstić information content (AvgIpc) is 3.18. The number of nitrogens with zero attached hydrogens (tertiary/aromatic N) is 2. The van der Waals surface area contributed by atoms with Crippen molar-refractivity contribution in [1.82, 2.24) is 9.78 Å². The van der Waals surface area contributed by atoms with Gasteiger partial charge in [0.15, 0.2) is 5.43 Å². The first-order valence-corrected chi connectivity index (χ1v) is 11.0. The highest BCUT2D eigenvalue weighted by Crippen LogP contribution is 2.32. The molecule has 3 aromatic carbocycles. The van der Waals surface area contributed by atoms with Crippen LogP contribution in [0.15, 0.2) is 70.0 Å². The summed E-state index contributed by atoms with van der Waals surface area (Å²) in [4.78, 5) is 24.7. The van der Waals surface area contributed by atoms with Crippen molar-refractivity contribution >= 4 is 33.5 Å². The van der Waals surface area contributed by atoms with Crippen LogP contribution in [0, 0.1) is 12.7 Å². The van der Waals surface area contributed by atoms with Gasteiger partial charge in [-0.25, -0.2) is 9.18 Å². The second kappa shape index (κ2) is 8.39. The molecule has 5 aromatic rings. The number of hydrogen-bond donors (Lipinski definition) is 2. The van der Waals surface area contributed by atoms with Crippen LogP contribution in [0.25, 0.3) is 33.2 Å². The number of aromatic nitrogens is 2. The molecule has 0 bridgehead atoms. The number of aromatic carboxylic acids is 1. The van der Waals surface area contributed by atoms with Gasteiger partial charge >= 0.3 is 5.97 Å². The zero-order valence-corrected chi connectivity index (χ0v) is 19.3. The van der Waals surface area contributed by atoms with Crippen molar-refractivity contribution in [3.8, 4) is 11.3 Å². The molecule has 0 saturated carbocycles. The molecular weight excluding hydrogens is 449 g/mol. The Balaban J connectivity index is 1.65. The molecule has 0 fully saturated rings. The molecule has 5 rings (SSSR count). The minimum Gasteiger partial charge on any atom is -0.478 e. The fourth-order valence-corrected chi connectivity index (χ4v) is 4.37. The molecule has 7 nitrogen and oxygen atoms in total. The normalized spacial score (nSPS) is 12.2. The molecule has 1 unspecified atom stereocenters. The number of rotatable bonds is 5. The Hall–Kier alpha value is -4.46. The van der Waals surface area contributed by atoms with Gasteiger partial charge in [0.1, 0.15) is 22.7 Å². The lowest BCUT2D eigenvalue weighted by atomic mass is 10.00. The van der Waals surface area contributed by atoms with Crippen LogP contribution in [-0.4, -0.2) is 20.9 Å². The van der Waals surface area contributed by atoms with Gasteiger partial charge in [-0.15, -0.1) is 0 Å². The Morgan fingerprint density at radius 1 is 1.17 bits per heavy atom. The van der Waals surface area contributed by atoms with Gasteiger partial charge in [-0.3, -0.25) is 9.48 Å². The fraction of sp³-hybridized carbons (Fsp3) is 0.148. The van der Waals surface area contributed by atoms with Crippen LogP contribution >= 0.6 is 0 Å². The lowest BCUT2D eigenvalue weighted by Crippen LogP contribution is -2.13. The van der Waals surface area contributed by atoms with E-state index in [2.05, 4.69) is 10.4 Å². The average molecular weight is 471 g/mol. The molecule has 8 heteroatoms. The maximum absolute atomic E-state index is 14.2. The third kappa shape index (κ3) is 3.93. The molecule has 0 radical (unpaired) electrons. The smallest absolute Gasteiger partial charge is 0.340 e. The highest BCUT2D eigenvalue weighted by atomic mass is 19.1. The molecular formula is C27H22FN3O4. The van der Waals surface area contributed by atoms with Crippen LogP contribution in [0.4, 0.5) is 10.1 Å². The lowest BCUT2D eigenvalue weighted by Gasteiger charge is -2.19. The van der Waals surface area contributed by atoms with Gasteiger partial charge < -0.3 is 14.8 Å². The van der Waals surface area contributed by atoms with Gasteiger partial charge in [-0.2, -0.15) is 5.10 Å². The van der Waals surface area contributed by atoms with E-state index in [0.717, 1.165) is 28.1 Å². The van der Waals surface area contributed by atoms with Crippen molar-refractivity contribution in [3.63, 3.8) is 0 Å². The zero-order valence-electron chi connectivity index (χ0n) is 19.3. The van der Waals surface area contributed by atoms with Crippen molar-refractivity contribution in [1.29, 1.82) is 0 Å². The molecule has 1 atom stereocenters. The van der Waals surface area contributed by atoms with E-state index in [-0.39, 0.29) is 11.1 Å². The number of carbonyl (C=O) groups is 1. The predicted molar refractivity (Wildman–Crippen MR) is 132 cm³/mol. The van der Waals surface area contributed by atoms with Gasteiger partial charge in [-0.1, -0.05) is 24.3 Å². The van der Waals surface area contributed by atoms with Gasteiger partial charge in [0.05, 0.1) is 28.8 Å². The van der Waals surface area contributed by atoms with Crippen molar-refractivity contribution in [2.45, 2.75) is 19.9 Å². The number of nitrogens with one attached hydrogen (secondary N) is 1. The van der Waals surface area contributed by atoms with Gasteiger partial charge in [0, 0.05) is 29.6 Å². The Kier molecular flexibility index (Phi) is 5.36. The Morgan fingerprint density at radius 2 is 1.97 bits per heavy atom. The van der Waals surface area contributed by atoms with E-state index in [1.54, 1.807) is 23.9 Å². The van der Waals surface area contributed by atoms with E-state index < -0.39 is 23.4 Å². The van der Waals surface area contributed by atoms with Crippen LogP contribution in [0.3, 0.4) is 0 Å². The SMILES string of the molecule is Cc1cc(C(C)Nc2cccc(F)c2C(=O)O)c2oc(-c3ccc4cnn(C)c4c3)cc(=O)c2c1. The predicted octanol–water partition coefficient (Wildman–Crippen LogP) is 5.67. The molecule has 0 aliphatic heterocycles. The second-order valence-electron chi connectivity index (χ2n) is 8.58. The molecule has 2 heterocycles. The summed E-state index contributed by atoms with van der Waals surface area (Å²) < 4.78 is 22.2. The summed E-state index contributed by atoms with van der Waals surface area (Å²) in [6, 6.07) is 14.4. The Bertz CT molecular complexity index is 1690. The summed E-state index contributed by atoms with van der Waals surface area (Å²) in [6.07, 6.45) is 1.77. The fourth-order valence-electron chi connectivity index (χ4n) is 4.37. The molecule has 2 aromatic heterocycles. The van der Waals surface area contributed by atoms with E-state index in [9.17, 15) is 19.1 Å². The largest absolute Gasteiger partial charge is 0.478 e. The van der Waals surface area contributed by atoms with Crippen molar-refractivity contribution in [2.75, 3.05) is 5.32 Å². The standard InChI is InChI=1S/C27H22FN3O4/c1-14-9-18(15(2)30-21-6-4-5-20(28)25(21)27(33)34)26-19(10-14)23(32)12-24(35-26)16-7-8-17-13-29-31(3)22(17)11-16/h4-13,15,30H,1-3H3,(H,33,34). The first-order valence-electron chi connectivity index (χ1n) is 11.0. The van der Waals surface area contributed by atoms with Crippen molar-refractivity contribution < 1.29 is 18.7 Å². The van der Waals surface area contributed by atoms with E-state index >= 15 is 0 Å². The summed E-state index contributed by atoms with van der Waals surface area (Å²) in [7, 11) is 1.84. The maximum Gasteiger partial charge on any atom is 0.340 e. The topological polar surface area (TPSA) is 97.4 Å². The number of benzene rings is 3. The van der Waals surface area contributed by atoms with Crippen LogP contribution in [0.2, 0.25) is 0 Å². The van der Waals surface area contributed by atoms with Crippen molar-refractivity contribution in [2.24, 2.45) is 7.05 Å². The van der Waals surface area contributed by atoms with Crippen molar-refractivity contribution in [3.05, 3.63) is 93.5 Å². The third-order valence-corrected chi connectivity index (χ3v) is 6.10. The van der Waals surface area contributed by atoms with E-state index in [1.807, 2.05) is 38.2 Å². The van der Waals surface area contributed by atoms with Crippen LogP contribution in [0.5, 0.6) is 0 Å². The molecule has 0 saturated heterocycles. The summed E-state index contributed by atoms with van der Waals surface area (Å²) in [5.41, 5.74) is 3.01. The summed E-state index contributed by atoms with van der Waals surface area (Å²) >= 11 is 0. The first kappa shape index (κ1) is 22.3. The van der Waals surface area contributed by atoms with E-state index in [1.165, 1.54) is 18.2 Å². The van der Waals surface area contributed by atoms with E-state index in [0.29, 0.717) is 22.3 Å². The second-order valence-corrected chi connectivity index (χ2v) is 8.58.